The quantitative estimate of drug-likeness (QED) is 0.0693. The van der Waals surface area contributed by atoms with Gasteiger partial charge in [-0.1, -0.05) is 60.7 Å². The van der Waals surface area contributed by atoms with Crippen LogP contribution >= 0.6 is 30.9 Å². The number of hydrogen-bond donors (Lipinski definition) is 1. The number of rotatable bonds is 17. The minimum atomic E-state index is -3.62. The first-order valence-electron chi connectivity index (χ1n) is 15.1. The molecule has 3 aromatic rings. The smallest absolute Gasteiger partial charge is 0.340 e. The van der Waals surface area contributed by atoms with E-state index in [4.69, 9.17) is 49.1 Å². The second kappa shape index (κ2) is 16.7. The zero-order chi connectivity index (χ0) is 31.4. The second-order valence-corrected chi connectivity index (χ2v) is 13.2. The zero-order valence-corrected chi connectivity index (χ0v) is 27.7. The predicted octanol–water partition coefficient (Wildman–Crippen LogP) is 7.60. The van der Waals surface area contributed by atoms with Crippen LogP contribution in [0.25, 0.3) is 0 Å². The van der Waals surface area contributed by atoms with Gasteiger partial charge < -0.3 is 18.9 Å². The highest BCUT2D eigenvalue weighted by atomic mass is 35.5. The molecule has 0 amide bonds. The third kappa shape index (κ3) is 8.19. The van der Waals surface area contributed by atoms with E-state index in [0.717, 1.165) is 54.7 Å². The van der Waals surface area contributed by atoms with E-state index in [0.29, 0.717) is 18.8 Å². The third-order valence-corrected chi connectivity index (χ3v) is 9.80. The van der Waals surface area contributed by atoms with E-state index in [-0.39, 0.29) is 24.8 Å². The van der Waals surface area contributed by atoms with E-state index < -0.39 is 19.6 Å². The van der Waals surface area contributed by atoms with Gasteiger partial charge in [0.1, 0.15) is 5.75 Å². The molecule has 0 radical (unpaired) electrons. The van der Waals surface area contributed by atoms with E-state index in [1.165, 1.54) is 4.67 Å². The molecule has 3 aromatic carbocycles. The number of hydrogen-bond acceptors (Lipinski definition) is 5. The number of unbranched alkanes of at least 4 members (excludes halogenated alkanes) is 2. The van der Waals surface area contributed by atoms with Crippen LogP contribution < -0.4 is 15.1 Å². The van der Waals surface area contributed by atoms with Crippen LogP contribution in [-0.2, 0) is 19.4 Å². The Balaban J connectivity index is 1.71. The fourth-order valence-corrected chi connectivity index (χ4v) is 7.47. The van der Waals surface area contributed by atoms with Gasteiger partial charge >= 0.3 is 7.67 Å². The number of alkyl halides is 2. The Morgan fingerprint density at radius 2 is 1.61 bits per heavy atom. The maximum atomic E-state index is 13.2. The minimum Gasteiger partial charge on any atom is -0.464 e. The molecule has 0 bridgehead atoms. The lowest BCUT2D eigenvalue weighted by Crippen LogP contribution is -2.44. The van der Waals surface area contributed by atoms with Gasteiger partial charge in [-0.25, -0.2) is 10.2 Å². The second-order valence-electron chi connectivity index (χ2n) is 10.5. The highest BCUT2D eigenvalue weighted by molar-refractivity contribution is 7.53. The van der Waals surface area contributed by atoms with Crippen LogP contribution in [0.5, 0.6) is 5.75 Å². The van der Waals surface area contributed by atoms with Crippen LogP contribution in [0.15, 0.2) is 78.9 Å². The molecule has 0 aliphatic carbocycles. The lowest BCUT2D eigenvalue weighted by Gasteiger charge is -2.44. The van der Waals surface area contributed by atoms with Gasteiger partial charge in [0.05, 0.1) is 6.61 Å². The number of terminal acetylenes is 1. The number of nitrogens with zero attached hydrogens (tertiary/aromatic N) is 2. The molecule has 2 unspecified atom stereocenters. The summed E-state index contributed by atoms with van der Waals surface area (Å²) in [6.07, 6.45) is 7.81. The van der Waals surface area contributed by atoms with Crippen molar-refractivity contribution in [2.75, 3.05) is 49.4 Å². The van der Waals surface area contributed by atoms with Crippen LogP contribution in [0.4, 0.5) is 5.69 Å². The lowest BCUT2D eigenvalue weighted by molar-refractivity contribution is -0.168. The summed E-state index contributed by atoms with van der Waals surface area (Å²) in [5, 5.41) is 0. The Morgan fingerprint density at radius 1 is 0.977 bits per heavy atom. The zero-order valence-electron chi connectivity index (χ0n) is 25.2. The van der Waals surface area contributed by atoms with Crippen LogP contribution in [0.2, 0.25) is 0 Å². The first kappa shape index (κ1) is 34.3. The summed E-state index contributed by atoms with van der Waals surface area (Å²) in [5.41, 5.74) is 9.07. The predicted molar refractivity (Wildman–Crippen MR) is 181 cm³/mol. The van der Waals surface area contributed by atoms with Crippen molar-refractivity contribution < 1.29 is 18.6 Å². The van der Waals surface area contributed by atoms with Crippen molar-refractivity contribution in [2.24, 2.45) is 5.50 Å². The van der Waals surface area contributed by atoms with Crippen molar-refractivity contribution in [3.05, 3.63) is 95.6 Å². The van der Waals surface area contributed by atoms with Gasteiger partial charge in [0.15, 0.2) is 5.60 Å². The van der Waals surface area contributed by atoms with Crippen molar-refractivity contribution in [1.29, 1.82) is 0 Å². The SMILES string of the molecule is C#CCCCCN(CC)c1ccc2c(c1)C(c1ccccc1)(c1ccccc1)OC(CCOP(N)(=O)N(CCCl)CCCl)O2. The Bertz CT molecular complexity index is 1360. The van der Waals surface area contributed by atoms with Crippen molar-refractivity contribution >= 4 is 36.6 Å². The van der Waals surface area contributed by atoms with E-state index in [2.05, 4.69) is 54.1 Å². The normalized spacial score (nSPS) is 16.9. The number of fused-ring (bicyclic) bond motifs is 1. The van der Waals surface area contributed by atoms with E-state index in [1.807, 2.05) is 42.5 Å². The lowest BCUT2D eigenvalue weighted by atomic mass is 9.78. The fourth-order valence-electron chi connectivity index (χ4n) is 5.54. The molecule has 2 N–H and O–H groups in total. The van der Waals surface area contributed by atoms with Gasteiger partial charge in [0, 0.05) is 62.0 Å². The number of halogens is 2. The highest BCUT2D eigenvalue weighted by Gasteiger charge is 2.46. The molecule has 4 rings (SSSR count). The molecule has 0 fully saturated rings. The first-order valence-corrected chi connectivity index (χ1v) is 17.8. The molecule has 1 aliphatic heterocycles. The molecule has 0 spiro atoms. The number of benzene rings is 3. The summed E-state index contributed by atoms with van der Waals surface area (Å²) in [6.45, 7) is 4.56. The summed E-state index contributed by atoms with van der Waals surface area (Å²) in [7, 11) is -3.62. The highest BCUT2D eigenvalue weighted by Crippen LogP contribution is 2.50. The number of anilines is 1. The minimum absolute atomic E-state index is 0.0495. The molecule has 44 heavy (non-hydrogen) atoms. The van der Waals surface area contributed by atoms with Crippen LogP contribution in [0, 0.1) is 12.3 Å². The molecule has 0 aromatic heterocycles. The Morgan fingerprint density at radius 3 is 2.18 bits per heavy atom. The van der Waals surface area contributed by atoms with E-state index in [1.54, 1.807) is 0 Å². The summed E-state index contributed by atoms with van der Waals surface area (Å²) in [6, 6.07) is 26.6. The van der Waals surface area contributed by atoms with Crippen LogP contribution in [0.3, 0.4) is 0 Å². The maximum absolute atomic E-state index is 13.2. The van der Waals surface area contributed by atoms with Gasteiger partial charge in [-0.15, -0.1) is 35.5 Å². The van der Waals surface area contributed by atoms with Crippen molar-refractivity contribution in [2.45, 2.75) is 44.5 Å². The maximum Gasteiger partial charge on any atom is 0.340 e. The summed E-state index contributed by atoms with van der Waals surface area (Å²) < 4.78 is 33.9. The van der Waals surface area contributed by atoms with E-state index >= 15 is 0 Å². The van der Waals surface area contributed by atoms with Crippen LogP contribution in [0.1, 0.15) is 49.3 Å². The van der Waals surface area contributed by atoms with Crippen molar-refractivity contribution in [3.8, 4) is 18.1 Å². The molecule has 0 saturated carbocycles. The molecule has 236 valence electrons. The summed E-state index contributed by atoms with van der Waals surface area (Å²) in [4.78, 5) is 2.35. The van der Waals surface area contributed by atoms with Gasteiger partial charge in [-0.3, -0.25) is 4.57 Å². The molecular weight excluding hydrogens is 616 g/mol. The van der Waals surface area contributed by atoms with E-state index in [9.17, 15) is 4.57 Å². The average Bonchev–Trinajstić information content (AvgIpc) is 3.05. The molecule has 7 nitrogen and oxygen atoms in total. The summed E-state index contributed by atoms with van der Waals surface area (Å²) in [5.74, 6) is 3.96. The average molecular weight is 659 g/mol. The summed E-state index contributed by atoms with van der Waals surface area (Å²) >= 11 is 11.8. The van der Waals surface area contributed by atoms with Gasteiger partial charge in [0.2, 0.25) is 6.29 Å². The first-order chi connectivity index (χ1) is 21.4. The molecule has 2 atom stereocenters. The number of ether oxygens (including phenoxy) is 2. The monoisotopic (exact) mass is 657 g/mol. The van der Waals surface area contributed by atoms with Gasteiger partial charge in [-0.05, 0) is 49.1 Å². The molecule has 1 aliphatic rings. The van der Waals surface area contributed by atoms with Crippen LogP contribution in [-0.4, -0.2) is 55.5 Å². The third-order valence-electron chi connectivity index (χ3n) is 7.73. The van der Waals surface area contributed by atoms with Crippen molar-refractivity contribution in [3.63, 3.8) is 0 Å². The topological polar surface area (TPSA) is 77.3 Å². The largest absolute Gasteiger partial charge is 0.464 e. The Hall–Kier alpha value is -2.53. The Labute approximate surface area is 272 Å². The van der Waals surface area contributed by atoms with Crippen molar-refractivity contribution in [1.82, 2.24) is 4.67 Å². The van der Waals surface area contributed by atoms with Gasteiger partial charge in [0.25, 0.3) is 0 Å². The fraction of sp³-hybridized carbons (Fsp3) is 0.412. The van der Waals surface area contributed by atoms with Gasteiger partial charge in [-0.2, -0.15) is 0 Å². The Kier molecular flexibility index (Phi) is 13.0. The molecule has 0 saturated heterocycles. The standard InChI is InChI=1S/C34H42Cl2N3O4P/c1-3-5-6-13-23-38(4-2)30-18-19-32-31(27-30)34(28-14-9-7-10-15-28,29-16-11-8-12-17-29)43-33(42-32)20-26-41-44(37,40)39(24-21-35)25-22-36/h1,7-12,14-19,27,33H,4-6,13,20-26H2,2H3,(H2,37,40). The molecule has 1 heterocycles. The molecular formula is C34H42Cl2N3O4P. The molecule has 10 heteroatoms. The number of nitrogens with two attached hydrogens (primary N) is 1.